The van der Waals surface area contributed by atoms with Gasteiger partial charge in [-0.1, -0.05) is 12.1 Å². The summed E-state index contributed by atoms with van der Waals surface area (Å²) in [5, 5.41) is 10.1. The molecule has 0 bridgehead atoms. The summed E-state index contributed by atoms with van der Waals surface area (Å²) in [4.78, 5) is 4.71. The van der Waals surface area contributed by atoms with E-state index in [2.05, 4.69) is 32.0 Å². The molecule has 0 fully saturated rings. The normalized spacial score (nSPS) is 12.5. The summed E-state index contributed by atoms with van der Waals surface area (Å²) in [5.74, 6) is 0.837. The van der Waals surface area contributed by atoms with Gasteiger partial charge in [0.25, 0.3) is 0 Å². The average Bonchev–Trinajstić information content (AvgIpc) is 3.05. The van der Waals surface area contributed by atoms with Crippen molar-refractivity contribution in [2.24, 2.45) is 0 Å². The van der Waals surface area contributed by atoms with Crippen molar-refractivity contribution in [3.8, 4) is 16.3 Å². The molecule has 0 aliphatic heterocycles. The summed E-state index contributed by atoms with van der Waals surface area (Å²) < 4.78 is 13.3. The number of aliphatic hydroxyl groups is 1. The molecule has 0 saturated carbocycles. The van der Waals surface area contributed by atoms with Gasteiger partial charge in [0.1, 0.15) is 16.4 Å². The van der Waals surface area contributed by atoms with Crippen LogP contribution in [0.15, 0.2) is 48.5 Å². The molecule has 0 spiro atoms. The predicted octanol–water partition coefficient (Wildman–Crippen LogP) is 5.69. The number of aliphatic hydroxyl groups excluding tert-OH is 1. The number of para-hydroxylation sites is 1. The third kappa shape index (κ3) is 5.53. The Bertz CT molecular complexity index is 867. The number of nitrogens with zero attached hydrogens (tertiary/aromatic N) is 1. The van der Waals surface area contributed by atoms with Crippen LogP contribution in [-0.4, -0.2) is 34.5 Å². The predicted molar refractivity (Wildman–Crippen MR) is 116 cm³/mol. The van der Waals surface area contributed by atoms with Crippen molar-refractivity contribution in [3.63, 3.8) is 0 Å². The van der Waals surface area contributed by atoms with Crippen molar-refractivity contribution in [1.29, 1.82) is 0 Å². The molecule has 28 heavy (non-hydrogen) atoms. The number of fused-ring (bicyclic) bond motifs is 1. The third-order valence-corrected chi connectivity index (χ3v) is 5.79. The van der Waals surface area contributed by atoms with Crippen molar-refractivity contribution in [2.75, 3.05) is 13.2 Å². The second kappa shape index (κ2) is 8.60. The lowest BCUT2D eigenvalue weighted by Crippen LogP contribution is -2.33. The van der Waals surface area contributed by atoms with Crippen LogP contribution in [0.5, 0.6) is 5.75 Å². The molecule has 0 saturated heterocycles. The third-order valence-electron chi connectivity index (χ3n) is 4.70. The number of aromatic nitrogens is 1. The highest BCUT2D eigenvalue weighted by Crippen LogP contribution is 2.31. The van der Waals surface area contributed by atoms with Gasteiger partial charge in [0.15, 0.2) is 0 Å². The summed E-state index contributed by atoms with van der Waals surface area (Å²) in [6.07, 6.45) is 1.39. The van der Waals surface area contributed by atoms with Crippen molar-refractivity contribution in [2.45, 2.75) is 51.7 Å². The average molecular weight is 400 g/mol. The Morgan fingerprint density at radius 3 is 2.32 bits per heavy atom. The lowest BCUT2D eigenvalue weighted by molar-refractivity contribution is -0.0516. The molecule has 0 amide bonds. The maximum atomic E-state index is 9.09. The zero-order chi connectivity index (χ0) is 20.2. The van der Waals surface area contributed by atoms with Crippen LogP contribution in [0.3, 0.4) is 0 Å². The fourth-order valence-electron chi connectivity index (χ4n) is 2.95. The molecule has 0 unspecified atom stereocenters. The second-order valence-corrected chi connectivity index (χ2v) is 9.24. The summed E-state index contributed by atoms with van der Waals surface area (Å²) in [5.41, 5.74) is 1.48. The van der Waals surface area contributed by atoms with Crippen LogP contribution in [0.1, 0.15) is 40.5 Å². The molecule has 0 aliphatic rings. The van der Waals surface area contributed by atoms with Crippen LogP contribution >= 0.6 is 11.3 Å². The maximum Gasteiger partial charge on any atom is 0.124 e. The lowest BCUT2D eigenvalue weighted by Gasteiger charge is -2.30. The van der Waals surface area contributed by atoms with Crippen molar-refractivity contribution < 1.29 is 14.6 Å². The molecule has 0 aliphatic carbocycles. The molecule has 3 aromatic rings. The highest BCUT2D eigenvalue weighted by atomic mass is 32.1. The van der Waals surface area contributed by atoms with E-state index in [0.717, 1.165) is 28.3 Å². The molecule has 0 radical (unpaired) electrons. The molecule has 2 aromatic carbocycles. The first kappa shape index (κ1) is 20.8. The largest absolute Gasteiger partial charge is 0.488 e. The van der Waals surface area contributed by atoms with Crippen LogP contribution < -0.4 is 4.74 Å². The van der Waals surface area contributed by atoms with E-state index in [4.69, 9.17) is 19.6 Å². The smallest absolute Gasteiger partial charge is 0.124 e. The SMILES string of the molecule is CC(C)(CCO)OCCC(C)(C)Oc1ccc(-c2nc3ccccc3s2)cc1. The van der Waals surface area contributed by atoms with E-state index in [-0.39, 0.29) is 17.8 Å². The van der Waals surface area contributed by atoms with Gasteiger partial charge in [-0.3, -0.25) is 0 Å². The van der Waals surface area contributed by atoms with Gasteiger partial charge in [0, 0.05) is 18.6 Å². The van der Waals surface area contributed by atoms with Crippen LogP contribution in [-0.2, 0) is 4.74 Å². The first-order chi connectivity index (χ1) is 13.3. The number of thiazole rings is 1. The van der Waals surface area contributed by atoms with Gasteiger partial charge in [-0.05, 0) is 70.5 Å². The van der Waals surface area contributed by atoms with E-state index >= 15 is 0 Å². The second-order valence-electron chi connectivity index (χ2n) is 8.20. The number of ether oxygens (including phenoxy) is 2. The Morgan fingerprint density at radius 2 is 1.64 bits per heavy atom. The van der Waals surface area contributed by atoms with E-state index in [0.29, 0.717) is 13.0 Å². The van der Waals surface area contributed by atoms with E-state index in [1.807, 2.05) is 44.2 Å². The Kier molecular flexibility index (Phi) is 6.38. The number of rotatable bonds is 9. The Hall–Kier alpha value is -1.95. The molecular formula is C23H29NO3S. The molecule has 1 heterocycles. The molecular weight excluding hydrogens is 370 g/mol. The standard InChI is InChI=1S/C23H29NO3S/c1-22(2,13-15-25)26-16-14-23(3,4)27-18-11-9-17(10-12-18)21-24-19-7-5-6-8-20(19)28-21/h5-12,25H,13-16H2,1-4H3. The maximum absolute atomic E-state index is 9.09. The van der Waals surface area contributed by atoms with Gasteiger partial charge in [-0.2, -0.15) is 0 Å². The van der Waals surface area contributed by atoms with Gasteiger partial charge in [-0.25, -0.2) is 4.98 Å². The summed E-state index contributed by atoms with van der Waals surface area (Å²) >= 11 is 1.70. The molecule has 5 heteroatoms. The monoisotopic (exact) mass is 399 g/mol. The summed E-state index contributed by atoms with van der Waals surface area (Å²) in [7, 11) is 0. The highest BCUT2D eigenvalue weighted by molar-refractivity contribution is 7.21. The first-order valence-electron chi connectivity index (χ1n) is 9.68. The van der Waals surface area contributed by atoms with Gasteiger partial charge < -0.3 is 14.6 Å². The summed E-state index contributed by atoms with van der Waals surface area (Å²) in [6.45, 7) is 8.85. The van der Waals surface area contributed by atoms with Crippen LogP contribution in [0, 0.1) is 0 Å². The Labute approximate surface area is 171 Å². The molecule has 4 nitrogen and oxygen atoms in total. The van der Waals surface area contributed by atoms with Crippen molar-refractivity contribution in [1.82, 2.24) is 4.98 Å². The Balaban J connectivity index is 1.60. The zero-order valence-corrected chi connectivity index (χ0v) is 17.9. The minimum Gasteiger partial charge on any atom is -0.488 e. The van der Waals surface area contributed by atoms with Crippen LogP contribution in [0.2, 0.25) is 0 Å². The van der Waals surface area contributed by atoms with Gasteiger partial charge in [-0.15, -0.1) is 11.3 Å². The minimum absolute atomic E-state index is 0.133. The number of hydrogen-bond donors (Lipinski definition) is 1. The van der Waals surface area contributed by atoms with Gasteiger partial charge in [0.05, 0.1) is 22.4 Å². The molecule has 1 N–H and O–H groups in total. The van der Waals surface area contributed by atoms with Crippen molar-refractivity contribution >= 4 is 21.6 Å². The minimum atomic E-state index is -0.341. The number of hydrogen-bond acceptors (Lipinski definition) is 5. The van der Waals surface area contributed by atoms with Crippen molar-refractivity contribution in [3.05, 3.63) is 48.5 Å². The molecule has 1 aromatic heterocycles. The van der Waals surface area contributed by atoms with E-state index in [1.54, 1.807) is 11.3 Å². The fourth-order valence-corrected chi connectivity index (χ4v) is 3.92. The van der Waals surface area contributed by atoms with Crippen LogP contribution in [0.25, 0.3) is 20.8 Å². The van der Waals surface area contributed by atoms with Gasteiger partial charge in [0.2, 0.25) is 0 Å². The first-order valence-corrected chi connectivity index (χ1v) is 10.5. The molecule has 150 valence electrons. The van der Waals surface area contributed by atoms with E-state index in [1.165, 1.54) is 4.70 Å². The fraction of sp³-hybridized carbons (Fsp3) is 0.435. The quantitative estimate of drug-likeness (QED) is 0.502. The van der Waals surface area contributed by atoms with Crippen LogP contribution in [0.4, 0.5) is 0 Å². The number of benzene rings is 2. The Morgan fingerprint density at radius 1 is 0.929 bits per heavy atom. The van der Waals surface area contributed by atoms with E-state index < -0.39 is 0 Å². The molecule has 3 rings (SSSR count). The highest BCUT2D eigenvalue weighted by Gasteiger charge is 2.23. The lowest BCUT2D eigenvalue weighted by atomic mass is 10.0. The van der Waals surface area contributed by atoms with Gasteiger partial charge >= 0.3 is 0 Å². The zero-order valence-electron chi connectivity index (χ0n) is 17.1. The topological polar surface area (TPSA) is 51.6 Å². The molecule has 0 atom stereocenters. The summed E-state index contributed by atoms with van der Waals surface area (Å²) in [6, 6.07) is 16.3. The van der Waals surface area contributed by atoms with E-state index in [9.17, 15) is 0 Å².